The van der Waals surface area contributed by atoms with Gasteiger partial charge in [0.1, 0.15) is 0 Å². The highest BCUT2D eigenvalue weighted by atomic mass is 79.9. The van der Waals surface area contributed by atoms with Crippen LogP contribution in [0.3, 0.4) is 0 Å². The second-order valence-corrected chi connectivity index (χ2v) is 17.3. The Morgan fingerprint density at radius 3 is 0.946 bits per heavy atom. The number of ether oxygens (including phenoxy) is 1. The third-order valence-corrected chi connectivity index (χ3v) is 15.5. The number of hydrogen-bond donors (Lipinski definition) is 0. The van der Waals surface area contributed by atoms with Crippen LogP contribution < -0.4 is 4.74 Å². The number of halogens is 12. The first-order chi connectivity index (χ1) is 17.3. The summed E-state index contributed by atoms with van der Waals surface area (Å²) in [6, 6.07) is 12.2. The fourth-order valence-corrected chi connectivity index (χ4v) is 9.75. The van der Waals surface area contributed by atoms with E-state index in [1.54, 1.807) is 0 Å². The van der Waals surface area contributed by atoms with Gasteiger partial charge in [0, 0.05) is 46.9 Å². The molecule has 13 heteroatoms. The SMILES string of the molecule is Brc1cc(Br)c(-c2cc(Br)c(Br)c(Oc3c(Br)c(Br)cc(-c4cc(Br)c(Br)cc4Br)c3Br)c2Br)cc1Br. The summed E-state index contributed by atoms with van der Waals surface area (Å²) in [7, 11) is 0. The molecule has 0 spiro atoms. The molecule has 0 aliphatic heterocycles. The van der Waals surface area contributed by atoms with Gasteiger partial charge in [0.05, 0.1) is 17.9 Å². The Kier molecular flexibility index (Phi) is 11.7. The average molecular weight is 1270 g/mol. The van der Waals surface area contributed by atoms with Gasteiger partial charge in [-0.05, 0) is 207 Å². The van der Waals surface area contributed by atoms with Gasteiger partial charge in [0.2, 0.25) is 0 Å². The largest absolute Gasteiger partial charge is 0.452 e. The van der Waals surface area contributed by atoms with Crippen LogP contribution in [0.1, 0.15) is 0 Å². The molecule has 0 aromatic heterocycles. The Labute approximate surface area is 314 Å². The Hall–Kier alpha value is 2.44. The molecule has 0 atom stereocenters. The Morgan fingerprint density at radius 2 is 0.595 bits per heavy atom. The second kappa shape index (κ2) is 13.4. The molecule has 0 saturated heterocycles. The molecule has 192 valence electrons. The summed E-state index contributed by atoms with van der Waals surface area (Å²) in [6.45, 7) is 0. The first-order valence-electron chi connectivity index (χ1n) is 9.64. The van der Waals surface area contributed by atoms with E-state index in [0.717, 1.165) is 75.9 Å². The van der Waals surface area contributed by atoms with Crippen molar-refractivity contribution in [2.45, 2.75) is 0 Å². The Balaban J connectivity index is 1.93. The minimum Gasteiger partial charge on any atom is -0.452 e. The van der Waals surface area contributed by atoms with Crippen molar-refractivity contribution >= 4 is 191 Å². The molecular weight excluding hydrogens is 1260 g/mol. The molecule has 4 aromatic rings. The smallest absolute Gasteiger partial charge is 0.157 e. The predicted octanol–water partition coefficient (Wildman–Crippen LogP) is 16.0. The van der Waals surface area contributed by atoms with Crippen molar-refractivity contribution in [3.63, 3.8) is 0 Å². The van der Waals surface area contributed by atoms with E-state index in [9.17, 15) is 0 Å². The van der Waals surface area contributed by atoms with E-state index in [0.29, 0.717) is 11.5 Å². The normalized spacial score (nSPS) is 11.2. The molecule has 0 unspecified atom stereocenters. The highest BCUT2D eigenvalue weighted by Gasteiger charge is 2.24. The monoisotopic (exact) mass is 1260 g/mol. The zero-order valence-electron chi connectivity index (χ0n) is 17.4. The summed E-state index contributed by atoms with van der Waals surface area (Å²) >= 11 is 44.2. The Morgan fingerprint density at radius 1 is 0.297 bits per heavy atom. The third kappa shape index (κ3) is 6.83. The molecule has 4 aromatic carbocycles. The molecule has 0 aliphatic carbocycles. The minimum absolute atomic E-state index is 0.608. The van der Waals surface area contributed by atoms with Crippen LogP contribution in [0.5, 0.6) is 11.5 Å². The highest BCUT2D eigenvalue weighted by molar-refractivity contribution is 9.14. The second-order valence-electron chi connectivity index (χ2n) is 7.32. The van der Waals surface area contributed by atoms with Crippen molar-refractivity contribution in [2.75, 3.05) is 0 Å². The maximum atomic E-state index is 6.66. The van der Waals surface area contributed by atoms with Gasteiger partial charge in [-0.25, -0.2) is 0 Å². The van der Waals surface area contributed by atoms with Crippen molar-refractivity contribution in [3.05, 3.63) is 90.1 Å². The number of rotatable bonds is 4. The summed E-state index contributed by atoms with van der Waals surface area (Å²) < 4.78 is 17.1. The first-order valence-corrected chi connectivity index (χ1v) is 19.2. The van der Waals surface area contributed by atoms with Crippen LogP contribution in [0.15, 0.2) is 90.1 Å². The van der Waals surface area contributed by atoms with Gasteiger partial charge >= 0.3 is 0 Å². The quantitative estimate of drug-likeness (QED) is 0.185. The van der Waals surface area contributed by atoms with Gasteiger partial charge < -0.3 is 4.74 Å². The van der Waals surface area contributed by atoms with Crippen LogP contribution in [-0.4, -0.2) is 0 Å². The zero-order valence-corrected chi connectivity index (χ0v) is 36.4. The van der Waals surface area contributed by atoms with Crippen molar-refractivity contribution in [2.24, 2.45) is 0 Å². The van der Waals surface area contributed by atoms with Crippen LogP contribution in [0.4, 0.5) is 0 Å². The summed E-state index contributed by atoms with van der Waals surface area (Å²) in [6.07, 6.45) is 0. The van der Waals surface area contributed by atoms with E-state index >= 15 is 0 Å². The fourth-order valence-electron chi connectivity index (χ4n) is 3.29. The lowest BCUT2D eigenvalue weighted by Gasteiger charge is -2.20. The topological polar surface area (TPSA) is 9.23 Å². The lowest BCUT2D eigenvalue weighted by molar-refractivity contribution is 0.470. The molecule has 0 amide bonds. The van der Waals surface area contributed by atoms with E-state index in [1.807, 2.05) is 36.4 Å². The molecule has 0 heterocycles. The van der Waals surface area contributed by atoms with Crippen LogP contribution in [0.2, 0.25) is 0 Å². The van der Waals surface area contributed by atoms with Crippen molar-refractivity contribution in [1.29, 1.82) is 0 Å². The predicted molar refractivity (Wildman–Crippen MR) is 196 cm³/mol. The van der Waals surface area contributed by atoms with Gasteiger partial charge in [-0.3, -0.25) is 0 Å². The minimum atomic E-state index is 0.608. The Bertz CT molecular complexity index is 1460. The van der Waals surface area contributed by atoms with Crippen LogP contribution in [0, 0.1) is 0 Å². The lowest BCUT2D eigenvalue weighted by atomic mass is 10.0. The van der Waals surface area contributed by atoms with E-state index in [4.69, 9.17) is 4.74 Å². The standard InChI is InChI=1S/C24H6Br12O/c25-11-5-15(29)13(27)1-7(11)9-3-17(31)21(35)23(19(9)33)37-24-20(34)10(4-18(32)22(24)36)8-2-14(28)16(30)6-12(8)26/h1-6H. The van der Waals surface area contributed by atoms with Crippen LogP contribution in [-0.2, 0) is 0 Å². The van der Waals surface area contributed by atoms with Crippen LogP contribution in [0.25, 0.3) is 22.3 Å². The fraction of sp³-hybridized carbons (Fsp3) is 0. The molecule has 0 radical (unpaired) electrons. The van der Waals surface area contributed by atoms with Crippen molar-refractivity contribution in [1.82, 2.24) is 0 Å². The van der Waals surface area contributed by atoms with Crippen molar-refractivity contribution in [3.8, 4) is 33.8 Å². The number of hydrogen-bond acceptors (Lipinski definition) is 1. The maximum absolute atomic E-state index is 6.66. The third-order valence-electron chi connectivity index (χ3n) is 5.04. The van der Waals surface area contributed by atoms with Crippen LogP contribution >= 0.6 is 191 Å². The van der Waals surface area contributed by atoms with E-state index in [1.165, 1.54) is 0 Å². The summed E-state index contributed by atoms with van der Waals surface area (Å²) in [5.41, 5.74) is 3.84. The molecule has 37 heavy (non-hydrogen) atoms. The molecule has 0 fully saturated rings. The average Bonchev–Trinajstić information content (AvgIpc) is 2.83. The van der Waals surface area contributed by atoms with Gasteiger partial charge in [-0.1, -0.05) is 31.9 Å². The van der Waals surface area contributed by atoms with E-state index < -0.39 is 0 Å². The molecule has 0 aliphatic rings. The van der Waals surface area contributed by atoms with Gasteiger partial charge in [-0.15, -0.1) is 0 Å². The molecule has 4 rings (SSSR count). The van der Waals surface area contributed by atoms with Gasteiger partial charge in [-0.2, -0.15) is 0 Å². The van der Waals surface area contributed by atoms with Crippen molar-refractivity contribution < 1.29 is 4.74 Å². The number of benzene rings is 4. The molecule has 0 saturated carbocycles. The summed E-state index contributed by atoms with van der Waals surface area (Å²) in [5.74, 6) is 1.22. The molecule has 0 N–H and O–H groups in total. The zero-order chi connectivity index (χ0) is 27.3. The van der Waals surface area contributed by atoms with E-state index in [2.05, 4.69) is 191 Å². The highest BCUT2D eigenvalue weighted by Crippen LogP contribution is 2.53. The molecular formula is C24H6Br12O. The maximum Gasteiger partial charge on any atom is 0.157 e. The van der Waals surface area contributed by atoms with E-state index in [-0.39, 0.29) is 0 Å². The van der Waals surface area contributed by atoms with Gasteiger partial charge in [0.25, 0.3) is 0 Å². The molecule has 1 nitrogen and oxygen atoms in total. The first kappa shape index (κ1) is 32.4. The molecule has 0 bridgehead atoms. The summed E-state index contributed by atoms with van der Waals surface area (Å²) in [4.78, 5) is 0. The summed E-state index contributed by atoms with van der Waals surface area (Å²) in [5, 5.41) is 0. The van der Waals surface area contributed by atoms with Gasteiger partial charge in [0.15, 0.2) is 11.5 Å². The lowest BCUT2D eigenvalue weighted by Crippen LogP contribution is -1.96.